The number of pyridine rings is 1. The summed E-state index contributed by atoms with van der Waals surface area (Å²) in [5, 5.41) is 3.39. The van der Waals surface area contributed by atoms with E-state index in [0.29, 0.717) is 0 Å². The third-order valence-electron chi connectivity index (χ3n) is 2.96. The van der Waals surface area contributed by atoms with Crippen LogP contribution < -0.4 is 10.2 Å². The van der Waals surface area contributed by atoms with E-state index >= 15 is 0 Å². The molecule has 0 radical (unpaired) electrons. The lowest BCUT2D eigenvalue weighted by Crippen LogP contribution is -2.26. The molecule has 0 fully saturated rings. The lowest BCUT2D eigenvalue weighted by molar-refractivity contribution is 0.702. The van der Waals surface area contributed by atoms with Gasteiger partial charge in [-0.25, -0.2) is 0 Å². The molecule has 3 heteroatoms. The van der Waals surface area contributed by atoms with E-state index < -0.39 is 0 Å². The van der Waals surface area contributed by atoms with Crippen LogP contribution in [0.1, 0.15) is 39.2 Å². The number of nitrogens with one attached hydrogen (secondary N) is 1. The SMILES string of the molecule is CCCCN(CC)c1cnccc1CNCC. The average molecular weight is 235 g/mol. The van der Waals surface area contributed by atoms with Gasteiger partial charge >= 0.3 is 0 Å². The van der Waals surface area contributed by atoms with Gasteiger partial charge < -0.3 is 10.2 Å². The van der Waals surface area contributed by atoms with Crippen LogP contribution in [0, 0.1) is 0 Å². The standard InChI is InChI=1S/C14H25N3/c1-4-7-10-17(6-3)14-12-16-9-8-13(14)11-15-5-2/h8-9,12,15H,4-7,10-11H2,1-3H3. The minimum Gasteiger partial charge on any atom is -0.370 e. The zero-order chi connectivity index (χ0) is 12.5. The molecular formula is C14H25N3. The lowest BCUT2D eigenvalue weighted by atomic mass is 10.2. The van der Waals surface area contributed by atoms with Crippen molar-refractivity contribution in [1.82, 2.24) is 10.3 Å². The summed E-state index contributed by atoms with van der Waals surface area (Å²) < 4.78 is 0. The highest BCUT2D eigenvalue weighted by atomic mass is 15.1. The molecule has 0 unspecified atom stereocenters. The van der Waals surface area contributed by atoms with Crippen molar-refractivity contribution in [3.8, 4) is 0 Å². The number of hydrogen-bond acceptors (Lipinski definition) is 3. The Morgan fingerprint density at radius 1 is 1.29 bits per heavy atom. The molecule has 0 amide bonds. The Bertz CT molecular complexity index is 312. The monoisotopic (exact) mass is 235 g/mol. The summed E-state index contributed by atoms with van der Waals surface area (Å²) in [7, 11) is 0. The van der Waals surface area contributed by atoms with Gasteiger partial charge in [-0.05, 0) is 31.5 Å². The largest absolute Gasteiger partial charge is 0.370 e. The van der Waals surface area contributed by atoms with Gasteiger partial charge in [0.2, 0.25) is 0 Å². The van der Waals surface area contributed by atoms with Crippen molar-refractivity contribution in [1.29, 1.82) is 0 Å². The molecule has 1 rings (SSSR count). The molecule has 1 N–H and O–H groups in total. The van der Waals surface area contributed by atoms with Crippen LogP contribution in [0.5, 0.6) is 0 Å². The summed E-state index contributed by atoms with van der Waals surface area (Å²) in [5.41, 5.74) is 2.63. The van der Waals surface area contributed by atoms with Crippen molar-refractivity contribution in [2.75, 3.05) is 24.5 Å². The molecule has 17 heavy (non-hydrogen) atoms. The molecule has 0 aromatic carbocycles. The zero-order valence-corrected chi connectivity index (χ0v) is 11.4. The van der Waals surface area contributed by atoms with Crippen LogP contribution in [-0.4, -0.2) is 24.6 Å². The fourth-order valence-corrected chi connectivity index (χ4v) is 1.91. The Hall–Kier alpha value is -1.09. The van der Waals surface area contributed by atoms with E-state index in [4.69, 9.17) is 0 Å². The Morgan fingerprint density at radius 3 is 2.76 bits per heavy atom. The average Bonchev–Trinajstić information content (AvgIpc) is 2.38. The van der Waals surface area contributed by atoms with E-state index in [2.05, 4.69) is 42.0 Å². The molecule has 0 aliphatic rings. The molecule has 96 valence electrons. The minimum absolute atomic E-state index is 0.928. The fourth-order valence-electron chi connectivity index (χ4n) is 1.91. The number of nitrogens with zero attached hydrogens (tertiary/aromatic N) is 2. The summed E-state index contributed by atoms with van der Waals surface area (Å²) in [5.74, 6) is 0. The predicted molar refractivity (Wildman–Crippen MR) is 74.4 cm³/mol. The third-order valence-corrected chi connectivity index (χ3v) is 2.96. The number of hydrogen-bond donors (Lipinski definition) is 1. The van der Waals surface area contributed by atoms with E-state index in [1.165, 1.54) is 24.1 Å². The minimum atomic E-state index is 0.928. The smallest absolute Gasteiger partial charge is 0.0598 e. The molecule has 1 aromatic heterocycles. The van der Waals surface area contributed by atoms with Crippen LogP contribution in [0.15, 0.2) is 18.5 Å². The van der Waals surface area contributed by atoms with Crippen LogP contribution in [0.2, 0.25) is 0 Å². The molecule has 0 spiro atoms. The summed E-state index contributed by atoms with van der Waals surface area (Å²) in [6, 6.07) is 2.12. The lowest BCUT2D eigenvalue weighted by Gasteiger charge is -2.25. The van der Waals surface area contributed by atoms with Crippen molar-refractivity contribution in [3.63, 3.8) is 0 Å². The molecule has 0 saturated heterocycles. The first kappa shape index (κ1) is 14.0. The second-order valence-electron chi connectivity index (χ2n) is 4.22. The van der Waals surface area contributed by atoms with Gasteiger partial charge in [0.1, 0.15) is 0 Å². The van der Waals surface area contributed by atoms with E-state index in [9.17, 15) is 0 Å². The van der Waals surface area contributed by atoms with E-state index in [1.54, 1.807) is 0 Å². The molecular weight excluding hydrogens is 210 g/mol. The maximum absolute atomic E-state index is 4.26. The molecule has 1 aromatic rings. The van der Waals surface area contributed by atoms with Gasteiger partial charge in [0.15, 0.2) is 0 Å². The third kappa shape index (κ3) is 4.35. The summed E-state index contributed by atoms with van der Waals surface area (Å²) >= 11 is 0. The first-order chi connectivity index (χ1) is 8.33. The maximum Gasteiger partial charge on any atom is 0.0598 e. The summed E-state index contributed by atoms with van der Waals surface area (Å²) in [6.45, 7) is 10.7. The number of anilines is 1. The highest BCUT2D eigenvalue weighted by Gasteiger charge is 2.08. The highest BCUT2D eigenvalue weighted by Crippen LogP contribution is 2.19. The Balaban J connectivity index is 2.77. The van der Waals surface area contributed by atoms with Gasteiger partial charge in [0.05, 0.1) is 11.9 Å². The van der Waals surface area contributed by atoms with Crippen molar-refractivity contribution in [3.05, 3.63) is 24.0 Å². The van der Waals surface area contributed by atoms with Gasteiger partial charge in [0.25, 0.3) is 0 Å². The number of unbranched alkanes of at least 4 members (excludes halogenated alkanes) is 1. The summed E-state index contributed by atoms with van der Waals surface area (Å²) in [6.07, 6.45) is 6.35. The first-order valence-corrected chi connectivity index (χ1v) is 6.72. The summed E-state index contributed by atoms with van der Waals surface area (Å²) in [4.78, 5) is 6.68. The van der Waals surface area contributed by atoms with Crippen LogP contribution in [-0.2, 0) is 6.54 Å². The van der Waals surface area contributed by atoms with Crippen molar-refractivity contribution in [2.24, 2.45) is 0 Å². The Morgan fingerprint density at radius 2 is 2.12 bits per heavy atom. The van der Waals surface area contributed by atoms with Crippen molar-refractivity contribution >= 4 is 5.69 Å². The first-order valence-electron chi connectivity index (χ1n) is 6.72. The van der Waals surface area contributed by atoms with Gasteiger partial charge in [-0.15, -0.1) is 0 Å². The van der Waals surface area contributed by atoms with E-state index in [1.807, 2.05) is 12.4 Å². The Kier molecular flexibility index (Phi) is 6.63. The number of rotatable bonds is 8. The molecule has 0 aliphatic heterocycles. The highest BCUT2D eigenvalue weighted by molar-refractivity contribution is 5.51. The van der Waals surface area contributed by atoms with Gasteiger partial charge in [-0.2, -0.15) is 0 Å². The zero-order valence-electron chi connectivity index (χ0n) is 11.4. The molecule has 1 heterocycles. The molecule has 0 saturated carbocycles. The van der Waals surface area contributed by atoms with Crippen molar-refractivity contribution in [2.45, 2.75) is 40.2 Å². The number of aromatic nitrogens is 1. The molecule has 0 bridgehead atoms. The van der Waals surface area contributed by atoms with Gasteiger partial charge in [0, 0.05) is 25.8 Å². The van der Waals surface area contributed by atoms with E-state index in [0.717, 1.165) is 26.2 Å². The topological polar surface area (TPSA) is 28.2 Å². The maximum atomic E-state index is 4.26. The van der Waals surface area contributed by atoms with Crippen LogP contribution in [0.4, 0.5) is 5.69 Å². The van der Waals surface area contributed by atoms with E-state index in [-0.39, 0.29) is 0 Å². The quantitative estimate of drug-likeness (QED) is 0.751. The Labute approximate surface area is 105 Å². The normalized spacial score (nSPS) is 10.5. The predicted octanol–water partition coefficient (Wildman–Crippen LogP) is 2.82. The van der Waals surface area contributed by atoms with Crippen LogP contribution >= 0.6 is 0 Å². The van der Waals surface area contributed by atoms with Crippen molar-refractivity contribution < 1.29 is 0 Å². The molecule has 3 nitrogen and oxygen atoms in total. The fraction of sp³-hybridized carbons (Fsp3) is 0.643. The molecule has 0 aliphatic carbocycles. The van der Waals surface area contributed by atoms with Crippen LogP contribution in [0.3, 0.4) is 0 Å². The second kappa shape index (κ2) is 8.07. The second-order valence-corrected chi connectivity index (χ2v) is 4.22. The van der Waals surface area contributed by atoms with Gasteiger partial charge in [-0.1, -0.05) is 20.3 Å². The van der Waals surface area contributed by atoms with Gasteiger partial charge in [-0.3, -0.25) is 4.98 Å². The molecule has 0 atom stereocenters. The van der Waals surface area contributed by atoms with Crippen LogP contribution in [0.25, 0.3) is 0 Å².